The van der Waals surface area contributed by atoms with Gasteiger partial charge in [-0.3, -0.25) is 4.90 Å². The Bertz CT molecular complexity index is 500. The fourth-order valence-electron chi connectivity index (χ4n) is 2.72. The second kappa shape index (κ2) is 9.82. The molecular formula is C16H26N4O4. The summed E-state index contributed by atoms with van der Waals surface area (Å²) in [4.78, 5) is 25.3. The van der Waals surface area contributed by atoms with E-state index in [1.807, 2.05) is 12.1 Å². The van der Waals surface area contributed by atoms with Crippen molar-refractivity contribution in [3.8, 4) is 0 Å². The number of ether oxygens (including phenoxy) is 1. The molecule has 0 radical (unpaired) electrons. The van der Waals surface area contributed by atoms with Crippen molar-refractivity contribution in [2.24, 2.45) is 0 Å². The van der Waals surface area contributed by atoms with Crippen LogP contribution in [0.4, 0.5) is 9.59 Å². The number of hydrogen-bond acceptors (Lipinski definition) is 5. The lowest BCUT2D eigenvalue weighted by Crippen LogP contribution is -2.43. The molecule has 1 atom stereocenters. The van der Waals surface area contributed by atoms with Crippen LogP contribution in [0.15, 0.2) is 22.8 Å². The van der Waals surface area contributed by atoms with Crippen molar-refractivity contribution in [3.05, 3.63) is 24.2 Å². The van der Waals surface area contributed by atoms with Gasteiger partial charge in [-0.25, -0.2) is 9.59 Å². The molecule has 0 unspecified atom stereocenters. The Balaban J connectivity index is 1.69. The fraction of sp³-hybridized carbons (Fsp3) is 0.625. The predicted molar refractivity (Wildman–Crippen MR) is 88.7 cm³/mol. The van der Waals surface area contributed by atoms with Crippen LogP contribution in [-0.2, 0) is 4.74 Å². The Kier molecular flexibility index (Phi) is 7.41. The van der Waals surface area contributed by atoms with Crippen LogP contribution in [0, 0.1) is 0 Å². The first kappa shape index (κ1) is 18.1. The van der Waals surface area contributed by atoms with Gasteiger partial charge < -0.3 is 25.1 Å². The average Bonchev–Trinajstić information content (AvgIpc) is 3.26. The normalized spacial score (nSPS) is 15.7. The van der Waals surface area contributed by atoms with Gasteiger partial charge in [-0.15, -0.1) is 0 Å². The Labute approximate surface area is 141 Å². The first-order chi connectivity index (χ1) is 11.7. The molecule has 2 heterocycles. The minimum Gasteiger partial charge on any atom is -0.468 e. The maximum absolute atomic E-state index is 11.9. The molecule has 0 bridgehead atoms. The molecule has 1 fully saturated rings. The van der Waals surface area contributed by atoms with Gasteiger partial charge >= 0.3 is 12.1 Å². The fourth-order valence-corrected chi connectivity index (χ4v) is 2.72. The van der Waals surface area contributed by atoms with Crippen LogP contribution >= 0.6 is 0 Å². The molecule has 8 nitrogen and oxygen atoms in total. The molecule has 1 aliphatic heterocycles. The zero-order valence-electron chi connectivity index (χ0n) is 14.0. The molecule has 1 aliphatic rings. The van der Waals surface area contributed by atoms with Gasteiger partial charge in [0.15, 0.2) is 0 Å². The highest BCUT2D eigenvalue weighted by molar-refractivity contribution is 5.74. The summed E-state index contributed by atoms with van der Waals surface area (Å²) in [5.41, 5.74) is 0. The number of carbonyl (C=O) groups excluding carboxylic acids is 2. The van der Waals surface area contributed by atoms with Crippen LogP contribution in [0.1, 0.15) is 31.6 Å². The van der Waals surface area contributed by atoms with Crippen molar-refractivity contribution in [3.63, 3.8) is 0 Å². The molecule has 0 saturated carbocycles. The summed E-state index contributed by atoms with van der Waals surface area (Å²) in [6.07, 6.45) is 3.51. The Morgan fingerprint density at radius 1 is 1.25 bits per heavy atom. The average molecular weight is 338 g/mol. The second-order valence-corrected chi connectivity index (χ2v) is 5.56. The number of furan rings is 1. The minimum absolute atomic E-state index is 0.0471. The lowest BCUT2D eigenvalue weighted by atomic mass is 10.2. The van der Waals surface area contributed by atoms with Gasteiger partial charge in [-0.05, 0) is 45.0 Å². The SMILES string of the molecule is CCOC(=O)NCCNC(=O)NC[C@@H](c1ccco1)N1CCCC1. The molecule has 8 heteroatoms. The number of alkyl carbamates (subject to hydrolysis) is 1. The molecule has 0 aromatic carbocycles. The van der Waals surface area contributed by atoms with Gasteiger partial charge in [-0.1, -0.05) is 0 Å². The summed E-state index contributed by atoms with van der Waals surface area (Å²) < 4.78 is 10.2. The van der Waals surface area contributed by atoms with Crippen LogP contribution in [0.2, 0.25) is 0 Å². The summed E-state index contributed by atoms with van der Waals surface area (Å²) in [6.45, 7) is 5.21. The number of likely N-dealkylation sites (tertiary alicyclic amines) is 1. The maximum Gasteiger partial charge on any atom is 0.407 e. The van der Waals surface area contributed by atoms with E-state index in [0.29, 0.717) is 26.2 Å². The number of nitrogens with one attached hydrogen (secondary N) is 3. The van der Waals surface area contributed by atoms with Crippen molar-refractivity contribution < 1.29 is 18.7 Å². The molecule has 134 valence electrons. The molecule has 3 N–H and O–H groups in total. The van der Waals surface area contributed by atoms with Crippen LogP contribution in [0.3, 0.4) is 0 Å². The minimum atomic E-state index is -0.480. The van der Waals surface area contributed by atoms with Crippen molar-refractivity contribution >= 4 is 12.1 Å². The topological polar surface area (TPSA) is 95.8 Å². The highest BCUT2D eigenvalue weighted by atomic mass is 16.5. The van der Waals surface area contributed by atoms with E-state index in [-0.39, 0.29) is 12.1 Å². The maximum atomic E-state index is 11.9. The third kappa shape index (κ3) is 5.77. The zero-order chi connectivity index (χ0) is 17.2. The van der Waals surface area contributed by atoms with Crippen molar-refractivity contribution in [2.45, 2.75) is 25.8 Å². The molecule has 3 amide bonds. The number of amides is 3. The summed E-state index contributed by atoms with van der Waals surface area (Å²) in [5.74, 6) is 0.862. The summed E-state index contributed by atoms with van der Waals surface area (Å²) in [7, 11) is 0. The summed E-state index contributed by atoms with van der Waals surface area (Å²) >= 11 is 0. The lowest BCUT2D eigenvalue weighted by molar-refractivity contribution is 0.152. The standard InChI is InChI=1S/C16H26N4O4/c1-2-23-16(22)18-8-7-17-15(21)19-12-13(14-6-5-11-24-14)20-9-3-4-10-20/h5-6,11,13H,2-4,7-10,12H2,1H3,(H,18,22)(H2,17,19,21)/t13-/m0/s1. The third-order valence-corrected chi connectivity index (χ3v) is 3.86. The Morgan fingerprint density at radius 2 is 2.00 bits per heavy atom. The molecule has 1 aromatic rings. The number of urea groups is 1. The van der Waals surface area contributed by atoms with Gasteiger partial charge in [0, 0.05) is 19.6 Å². The van der Waals surface area contributed by atoms with E-state index < -0.39 is 6.09 Å². The predicted octanol–water partition coefficient (Wildman–Crippen LogP) is 1.46. The van der Waals surface area contributed by atoms with Gasteiger partial charge in [-0.2, -0.15) is 0 Å². The monoisotopic (exact) mass is 338 g/mol. The number of carbonyl (C=O) groups is 2. The van der Waals surface area contributed by atoms with Gasteiger partial charge in [0.2, 0.25) is 0 Å². The van der Waals surface area contributed by atoms with E-state index in [2.05, 4.69) is 20.9 Å². The number of rotatable bonds is 8. The summed E-state index contributed by atoms with van der Waals surface area (Å²) in [6, 6.07) is 3.58. The lowest BCUT2D eigenvalue weighted by Gasteiger charge is -2.26. The van der Waals surface area contributed by atoms with E-state index in [9.17, 15) is 9.59 Å². The van der Waals surface area contributed by atoms with Gasteiger partial charge in [0.25, 0.3) is 0 Å². The van der Waals surface area contributed by atoms with Crippen molar-refractivity contribution in [1.82, 2.24) is 20.9 Å². The van der Waals surface area contributed by atoms with E-state index in [1.54, 1.807) is 13.2 Å². The largest absolute Gasteiger partial charge is 0.468 e. The smallest absolute Gasteiger partial charge is 0.407 e. The quantitative estimate of drug-likeness (QED) is 0.624. The van der Waals surface area contributed by atoms with Crippen LogP contribution in [0.5, 0.6) is 0 Å². The van der Waals surface area contributed by atoms with E-state index in [4.69, 9.17) is 9.15 Å². The Morgan fingerprint density at radius 3 is 2.67 bits per heavy atom. The highest BCUT2D eigenvalue weighted by Gasteiger charge is 2.25. The van der Waals surface area contributed by atoms with Crippen LogP contribution in [-0.4, -0.2) is 56.4 Å². The second-order valence-electron chi connectivity index (χ2n) is 5.56. The number of hydrogen-bond donors (Lipinski definition) is 3. The van der Waals surface area contributed by atoms with Crippen LogP contribution in [0.25, 0.3) is 0 Å². The van der Waals surface area contributed by atoms with E-state index in [0.717, 1.165) is 18.8 Å². The van der Waals surface area contributed by atoms with E-state index in [1.165, 1.54) is 12.8 Å². The molecule has 0 spiro atoms. The molecule has 24 heavy (non-hydrogen) atoms. The van der Waals surface area contributed by atoms with Gasteiger partial charge in [0.1, 0.15) is 5.76 Å². The molecule has 1 aromatic heterocycles. The molecule has 1 saturated heterocycles. The third-order valence-electron chi connectivity index (χ3n) is 3.86. The Hall–Kier alpha value is -2.22. The zero-order valence-corrected chi connectivity index (χ0v) is 14.0. The molecular weight excluding hydrogens is 312 g/mol. The van der Waals surface area contributed by atoms with E-state index >= 15 is 0 Å². The van der Waals surface area contributed by atoms with Gasteiger partial charge in [0.05, 0.1) is 18.9 Å². The summed E-state index contributed by atoms with van der Waals surface area (Å²) in [5, 5.41) is 8.11. The molecule has 2 rings (SSSR count). The first-order valence-corrected chi connectivity index (χ1v) is 8.40. The molecule has 0 aliphatic carbocycles. The van der Waals surface area contributed by atoms with Crippen molar-refractivity contribution in [1.29, 1.82) is 0 Å². The van der Waals surface area contributed by atoms with Crippen molar-refractivity contribution in [2.75, 3.05) is 39.3 Å². The highest BCUT2D eigenvalue weighted by Crippen LogP contribution is 2.24. The first-order valence-electron chi connectivity index (χ1n) is 8.40. The number of nitrogens with zero attached hydrogens (tertiary/aromatic N) is 1. The van der Waals surface area contributed by atoms with Crippen LogP contribution < -0.4 is 16.0 Å².